The summed E-state index contributed by atoms with van der Waals surface area (Å²) in [6.45, 7) is 0. The van der Waals surface area contributed by atoms with Gasteiger partial charge < -0.3 is 5.73 Å². The van der Waals surface area contributed by atoms with Crippen molar-refractivity contribution in [1.82, 2.24) is 0 Å². The second-order valence-corrected chi connectivity index (χ2v) is 7.27. The molecule has 0 radical (unpaired) electrons. The molecule has 0 heterocycles. The predicted octanol–water partition coefficient (Wildman–Crippen LogP) is 5.20. The van der Waals surface area contributed by atoms with Crippen molar-refractivity contribution in [3.05, 3.63) is 65.9 Å². The first-order valence-electron chi connectivity index (χ1n) is 5.61. The van der Waals surface area contributed by atoms with E-state index in [1.807, 2.05) is 24.3 Å². The fraction of sp³-hybridized carbons (Fsp3) is 0.143. The molecular weight excluding hydrogens is 488 g/mol. The van der Waals surface area contributed by atoms with Crippen molar-refractivity contribution in [3.63, 3.8) is 0 Å². The van der Waals surface area contributed by atoms with E-state index in [1.165, 1.54) is 12.1 Å². The smallest absolute Gasteiger partial charge is 0.124 e. The lowest BCUT2D eigenvalue weighted by molar-refractivity contribution is 0.621. The molecule has 2 aromatic rings. The Morgan fingerprint density at radius 1 is 1.16 bits per heavy atom. The van der Waals surface area contributed by atoms with Crippen LogP contribution in [0.2, 0.25) is 0 Å². The van der Waals surface area contributed by atoms with Gasteiger partial charge in [-0.3, -0.25) is 0 Å². The first-order valence-corrected chi connectivity index (χ1v) is 8.27. The third kappa shape index (κ3) is 4.24. The quantitative estimate of drug-likeness (QED) is 0.579. The van der Waals surface area contributed by atoms with Gasteiger partial charge in [0.1, 0.15) is 5.82 Å². The molecule has 0 aromatic heterocycles. The van der Waals surface area contributed by atoms with Crippen molar-refractivity contribution in [2.24, 2.45) is 5.73 Å². The van der Waals surface area contributed by atoms with E-state index in [0.717, 1.165) is 23.6 Å². The molecule has 0 bridgehead atoms. The monoisotopic (exact) mass is 497 g/mol. The molecule has 2 aromatic carbocycles. The second kappa shape index (κ2) is 6.65. The van der Waals surface area contributed by atoms with Crippen LogP contribution in [0.4, 0.5) is 4.39 Å². The molecule has 5 heteroatoms. The van der Waals surface area contributed by atoms with Gasteiger partial charge in [0.25, 0.3) is 0 Å². The molecule has 0 amide bonds. The first-order chi connectivity index (χ1) is 8.95. The fourth-order valence-electron chi connectivity index (χ4n) is 1.89. The van der Waals surface area contributed by atoms with Gasteiger partial charge in [0, 0.05) is 18.6 Å². The Morgan fingerprint density at radius 2 is 1.89 bits per heavy atom. The van der Waals surface area contributed by atoms with Crippen LogP contribution in [0.3, 0.4) is 0 Å². The van der Waals surface area contributed by atoms with Gasteiger partial charge in [-0.05, 0) is 76.5 Å². The van der Waals surface area contributed by atoms with E-state index < -0.39 is 0 Å². The summed E-state index contributed by atoms with van der Waals surface area (Å²) in [6, 6.07) is 10.7. The van der Waals surface area contributed by atoms with Crippen LogP contribution < -0.4 is 5.73 Å². The number of hydrogen-bond acceptors (Lipinski definition) is 1. The molecule has 1 unspecified atom stereocenters. The third-order valence-corrected chi connectivity index (χ3v) is 4.59. The predicted molar refractivity (Wildman–Crippen MR) is 91.6 cm³/mol. The van der Waals surface area contributed by atoms with Gasteiger partial charge in [-0.2, -0.15) is 0 Å². The van der Waals surface area contributed by atoms with Gasteiger partial charge in [0.05, 0.1) is 0 Å². The van der Waals surface area contributed by atoms with Crippen LogP contribution in [0, 0.1) is 9.39 Å². The van der Waals surface area contributed by atoms with Gasteiger partial charge in [0.15, 0.2) is 0 Å². The second-order valence-electron chi connectivity index (χ2n) is 4.25. The molecule has 1 nitrogen and oxygen atoms in total. The van der Waals surface area contributed by atoms with E-state index in [2.05, 4.69) is 54.5 Å². The van der Waals surface area contributed by atoms with Crippen molar-refractivity contribution >= 4 is 54.5 Å². The van der Waals surface area contributed by atoms with Crippen LogP contribution >= 0.6 is 54.5 Å². The van der Waals surface area contributed by atoms with E-state index in [1.54, 1.807) is 0 Å². The van der Waals surface area contributed by atoms with Crippen molar-refractivity contribution in [3.8, 4) is 0 Å². The lowest BCUT2D eigenvalue weighted by Gasteiger charge is -2.15. The first kappa shape index (κ1) is 15.4. The average molecular weight is 499 g/mol. The van der Waals surface area contributed by atoms with E-state index >= 15 is 0 Å². The zero-order valence-corrected chi connectivity index (χ0v) is 15.2. The number of hydrogen-bond donors (Lipinski definition) is 1. The Bertz CT molecular complexity index is 584. The van der Waals surface area contributed by atoms with E-state index in [9.17, 15) is 4.39 Å². The molecule has 0 saturated carbocycles. The van der Waals surface area contributed by atoms with Crippen LogP contribution in [-0.4, -0.2) is 0 Å². The Balaban J connectivity index is 2.25. The van der Waals surface area contributed by atoms with Crippen molar-refractivity contribution < 1.29 is 4.39 Å². The summed E-state index contributed by atoms with van der Waals surface area (Å²) in [5.74, 6) is -0.252. The molecule has 0 aliphatic rings. The summed E-state index contributed by atoms with van der Waals surface area (Å²) in [5, 5.41) is 0. The maximum Gasteiger partial charge on any atom is 0.124 e. The van der Waals surface area contributed by atoms with Crippen molar-refractivity contribution in [2.45, 2.75) is 12.5 Å². The molecule has 0 aliphatic heterocycles. The Morgan fingerprint density at radius 3 is 2.58 bits per heavy atom. The summed E-state index contributed by atoms with van der Waals surface area (Å²) < 4.78 is 16.2. The minimum Gasteiger partial charge on any atom is -0.324 e. The van der Waals surface area contributed by atoms with Gasteiger partial charge >= 0.3 is 0 Å². The van der Waals surface area contributed by atoms with Crippen molar-refractivity contribution in [2.75, 3.05) is 0 Å². The molecule has 0 saturated heterocycles. The SMILES string of the molecule is NC(Cc1cc(F)cc(Br)c1)c1cc(I)ccc1Br. The minimum absolute atomic E-state index is 0.169. The van der Waals surface area contributed by atoms with Crippen LogP contribution in [0.15, 0.2) is 45.3 Å². The number of benzene rings is 2. The fourth-order valence-corrected chi connectivity index (χ4v) is 3.46. The molecule has 0 aliphatic carbocycles. The van der Waals surface area contributed by atoms with E-state index in [4.69, 9.17) is 5.73 Å². The van der Waals surface area contributed by atoms with Gasteiger partial charge in [-0.15, -0.1) is 0 Å². The number of rotatable bonds is 3. The Labute approximate surface area is 142 Å². The third-order valence-electron chi connectivity index (χ3n) is 2.74. The molecule has 0 fully saturated rings. The largest absolute Gasteiger partial charge is 0.324 e. The summed E-state index contributed by atoms with van der Waals surface area (Å²) in [5.41, 5.74) is 8.14. The summed E-state index contributed by atoms with van der Waals surface area (Å²) in [6.07, 6.45) is 0.592. The molecule has 2 rings (SSSR count). The van der Waals surface area contributed by atoms with Crippen LogP contribution in [0.5, 0.6) is 0 Å². The van der Waals surface area contributed by atoms with Gasteiger partial charge in [-0.1, -0.05) is 31.9 Å². The zero-order chi connectivity index (χ0) is 14.0. The summed E-state index contributed by atoms with van der Waals surface area (Å²) >= 11 is 9.05. The Hall–Kier alpha value is 0.0200. The van der Waals surface area contributed by atoms with Gasteiger partial charge in [0.2, 0.25) is 0 Å². The highest BCUT2D eigenvalue weighted by atomic mass is 127. The summed E-state index contributed by atoms with van der Waals surface area (Å²) in [7, 11) is 0. The number of halogens is 4. The summed E-state index contributed by atoms with van der Waals surface area (Å²) in [4.78, 5) is 0. The van der Waals surface area contributed by atoms with Crippen LogP contribution in [0.1, 0.15) is 17.2 Å². The maximum atomic E-state index is 13.3. The molecular formula is C14H11Br2FIN. The topological polar surface area (TPSA) is 26.0 Å². The van der Waals surface area contributed by atoms with E-state index in [0.29, 0.717) is 6.42 Å². The van der Waals surface area contributed by atoms with Crippen molar-refractivity contribution in [1.29, 1.82) is 0 Å². The van der Waals surface area contributed by atoms with Crippen LogP contribution in [0.25, 0.3) is 0 Å². The lowest BCUT2D eigenvalue weighted by Crippen LogP contribution is -2.14. The normalized spacial score (nSPS) is 12.5. The highest BCUT2D eigenvalue weighted by Gasteiger charge is 2.12. The highest BCUT2D eigenvalue weighted by molar-refractivity contribution is 14.1. The average Bonchev–Trinajstić information content (AvgIpc) is 2.30. The van der Waals surface area contributed by atoms with E-state index in [-0.39, 0.29) is 11.9 Å². The molecule has 0 spiro atoms. The highest BCUT2D eigenvalue weighted by Crippen LogP contribution is 2.27. The standard InChI is InChI=1S/C14H11Br2FIN/c15-9-3-8(4-10(17)6-9)5-14(19)12-7-11(18)1-2-13(12)16/h1-4,6-7,14H,5,19H2. The Kier molecular flexibility index (Phi) is 5.39. The molecule has 19 heavy (non-hydrogen) atoms. The molecule has 1 atom stereocenters. The minimum atomic E-state index is -0.252. The number of nitrogens with two attached hydrogens (primary N) is 1. The molecule has 2 N–H and O–H groups in total. The van der Waals surface area contributed by atoms with Crippen LogP contribution in [-0.2, 0) is 6.42 Å². The van der Waals surface area contributed by atoms with Gasteiger partial charge in [-0.25, -0.2) is 4.39 Å². The lowest BCUT2D eigenvalue weighted by atomic mass is 10.00. The maximum absolute atomic E-state index is 13.3. The molecule has 100 valence electrons. The zero-order valence-electron chi connectivity index (χ0n) is 9.84.